The molecule has 0 N–H and O–H groups in total. The Hall–Kier alpha value is -0.850. The molecule has 0 heterocycles. The lowest BCUT2D eigenvalue weighted by Crippen LogP contribution is -2.08. The number of allylic oxidation sites excluding steroid dienone is 4. The topological polar surface area (TPSA) is 17.1 Å². The molecule has 0 saturated carbocycles. The number of carbonyl (C=O) groups is 1. The molecule has 0 aromatic heterocycles. The van der Waals surface area contributed by atoms with Gasteiger partial charge in [-0.1, -0.05) is 38.8 Å². The highest BCUT2D eigenvalue weighted by Crippen LogP contribution is 2.27. The molecule has 0 saturated heterocycles. The Labute approximate surface area is 101 Å². The van der Waals surface area contributed by atoms with E-state index in [9.17, 15) is 4.79 Å². The van der Waals surface area contributed by atoms with Crippen molar-refractivity contribution in [1.29, 1.82) is 0 Å². The Morgan fingerprint density at radius 3 is 2.31 bits per heavy atom. The normalized spacial score (nSPS) is 14.1. The predicted molar refractivity (Wildman–Crippen MR) is 71.5 cm³/mol. The molecule has 0 spiro atoms. The molecule has 0 bridgehead atoms. The minimum absolute atomic E-state index is 0.468. The number of hydrogen-bond acceptors (Lipinski definition) is 1. The lowest BCUT2D eigenvalue weighted by molar-refractivity contribution is -0.104. The van der Waals surface area contributed by atoms with Crippen molar-refractivity contribution < 1.29 is 4.79 Å². The molecule has 0 rings (SSSR count). The summed E-state index contributed by atoms with van der Waals surface area (Å²) in [6.45, 7) is 10.9. The highest BCUT2D eigenvalue weighted by Gasteiger charge is 2.13. The molecule has 0 aliphatic rings. The molecule has 0 aromatic carbocycles. The summed E-state index contributed by atoms with van der Waals surface area (Å²) in [5.41, 5.74) is 2.77. The van der Waals surface area contributed by atoms with Crippen LogP contribution >= 0.6 is 0 Å². The van der Waals surface area contributed by atoms with Gasteiger partial charge in [-0.15, -0.1) is 0 Å². The fourth-order valence-corrected chi connectivity index (χ4v) is 1.47. The van der Waals surface area contributed by atoms with Gasteiger partial charge in [0.15, 0.2) is 0 Å². The van der Waals surface area contributed by atoms with Gasteiger partial charge in [0.25, 0.3) is 0 Å². The predicted octanol–water partition coefficient (Wildman–Crippen LogP) is 4.68. The molecule has 16 heavy (non-hydrogen) atoms. The highest BCUT2D eigenvalue weighted by atomic mass is 16.1. The van der Waals surface area contributed by atoms with Crippen molar-refractivity contribution in [1.82, 2.24) is 0 Å². The SMILES string of the molecule is CCC(C)(C)CCC/C=C(C)/C(C)=C/C=O. The molecule has 0 atom stereocenters. The summed E-state index contributed by atoms with van der Waals surface area (Å²) in [5.74, 6) is 0. The largest absolute Gasteiger partial charge is 0.299 e. The summed E-state index contributed by atoms with van der Waals surface area (Å²) < 4.78 is 0. The van der Waals surface area contributed by atoms with E-state index in [4.69, 9.17) is 0 Å². The fourth-order valence-electron chi connectivity index (χ4n) is 1.47. The summed E-state index contributed by atoms with van der Waals surface area (Å²) >= 11 is 0. The first-order valence-electron chi connectivity index (χ1n) is 6.22. The highest BCUT2D eigenvalue weighted by molar-refractivity contribution is 5.67. The van der Waals surface area contributed by atoms with Gasteiger partial charge in [0, 0.05) is 0 Å². The zero-order valence-corrected chi connectivity index (χ0v) is 11.5. The second-order valence-electron chi connectivity index (χ2n) is 5.28. The first-order chi connectivity index (χ1) is 7.43. The van der Waals surface area contributed by atoms with Gasteiger partial charge in [0.1, 0.15) is 6.29 Å². The molecule has 0 aliphatic heterocycles. The van der Waals surface area contributed by atoms with E-state index < -0.39 is 0 Å². The third-order valence-corrected chi connectivity index (χ3v) is 3.41. The quantitative estimate of drug-likeness (QED) is 0.264. The van der Waals surface area contributed by atoms with Crippen molar-refractivity contribution >= 4 is 6.29 Å². The Kier molecular flexibility index (Phi) is 7.03. The zero-order chi connectivity index (χ0) is 12.6. The molecule has 0 aliphatic carbocycles. The van der Waals surface area contributed by atoms with Crippen LogP contribution in [0.5, 0.6) is 0 Å². The van der Waals surface area contributed by atoms with Crippen molar-refractivity contribution in [2.24, 2.45) is 5.41 Å². The van der Waals surface area contributed by atoms with Crippen LogP contribution in [0.25, 0.3) is 0 Å². The summed E-state index contributed by atoms with van der Waals surface area (Å²) in [6.07, 6.45) is 9.56. The molecule has 1 heteroatoms. The van der Waals surface area contributed by atoms with Crippen molar-refractivity contribution in [3.05, 3.63) is 23.3 Å². The van der Waals surface area contributed by atoms with E-state index in [1.165, 1.54) is 24.8 Å². The van der Waals surface area contributed by atoms with Crippen LogP contribution in [0.4, 0.5) is 0 Å². The van der Waals surface area contributed by atoms with Crippen LogP contribution in [0, 0.1) is 5.41 Å². The van der Waals surface area contributed by atoms with Gasteiger partial charge in [0.2, 0.25) is 0 Å². The molecule has 0 radical (unpaired) electrons. The fraction of sp³-hybridized carbons (Fsp3) is 0.667. The van der Waals surface area contributed by atoms with Crippen LogP contribution < -0.4 is 0 Å². The van der Waals surface area contributed by atoms with Crippen LogP contribution in [-0.2, 0) is 4.79 Å². The number of unbranched alkanes of at least 4 members (excludes halogenated alkanes) is 1. The Balaban J connectivity index is 4.02. The van der Waals surface area contributed by atoms with E-state index in [1.54, 1.807) is 6.08 Å². The van der Waals surface area contributed by atoms with Crippen molar-refractivity contribution in [2.75, 3.05) is 0 Å². The number of rotatable bonds is 7. The van der Waals surface area contributed by atoms with E-state index >= 15 is 0 Å². The molecule has 0 amide bonds. The van der Waals surface area contributed by atoms with Gasteiger partial charge in [-0.2, -0.15) is 0 Å². The van der Waals surface area contributed by atoms with Crippen LogP contribution in [0.15, 0.2) is 23.3 Å². The molecule has 0 aromatic rings. The summed E-state index contributed by atoms with van der Waals surface area (Å²) in [4.78, 5) is 10.3. The van der Waals surface area contributed by atoms with Gasteiger partial charge in [-0.05, 0) is 50.2 Å². The second-order valence-corrected chi connectivity index (χ2v) is 5.28. The number of hydrogen-bond donors (Lipinski definition) is 0. The maximum Gasteiger partial charge on any atom is 0.143 e. The van der Waals surface area contributed by atoms with Crippen LogP contribution in [-0.4, -0.2) is 6.29 Å². The minimum Gasteiger partial charge on any atom is -0.299 e. The van der Waals surface area contributed by atoms with E-state index in [2.05, 4.69) is 33.8 Å². The van der Waals surface area contributed by atoms with Crippen LogP contribution in [0.2, 0.25) is 0 Å². The molecule has 1 nitrogen and oxygen atoms in total. The van der Waals surface area contributed by atoms with E-state index in [0.29, 0.717) is 5.41 Å². The van der Waals surface area contributed by atoms with Gasteiger partial charge in [0.05, 0.1) is 0 Å². The van der Waals surface area contributed by atoms with Crippen molar-refractivity contribution in [3.8, 4) is 0 Å². The van der Waals surface area contributed by atoms with Gasteiger partial charge < -0.3 is 0 Å². The molecule has 0 unspecified atom stereocenters. The maximum absolute atomic E-state index is 10.3. The number of carbonyl (C=O) groups excluding carboxylic acids is 1. The van der Waals surface area contributed by atoms with E-state index in [0.717, 1.165) is 18.3 Å². The van der Waals surface area contributed by atoms with Crippen LogP contribution in [0.1, 0.15) is 60.3 Å². The monoisotopic (exact) mass is 222 g/mol. The van der Waals surface area contributed by atoms with Gasteiger partial charge >= 0.3 is 0 Å². The van der Waals surface area contributed by atoms with Crippen LogP contribution in [0.3, 0.4) is 0 Å². The maximum atomic E-state index is 10.3. The Morgan fingerprint density at radius 2 is 1.81 bits per heavy atom. The van der Waals surface area contributed by atoms with Gasteiger partial charge in [-0.3, -0.25) is 4.79 Å². The van der Waals surface area contributed by atoms with E-state index in [1.807, 2.05) is 6.92 Å². The molecule has 92 valence electrons. The Morgan fingerprint density at radius 1 is 1.19 bits per heavy atom. The minimum atomic E-state index is 0.468. The Bertz CT molecular complexity index is 269. The summed E-state index contributed by atoms with van der Waals surface area (Å²) in [5, 5.41) is 0. The smallest absolute Gasteiger partial charge is 0.143 e. The van der Waals surface area contributed by atoms with E-state index in [-0.39, 0.29) is 0 Å². The number of aldehydes is 1. The average molecular weight is 222 g/mol. The second kappa shape index (κ2) is 7.43. The standard InChI is InChI=1S/C15H26O/c1-6-15(4,5)11-8-7-9-13(2)14(3)10-12-16/h9-10,12H,6-8,11H2,1-5H3/b13-9+,14-10+. The molecular formula is C15H26O. The summed E-state index contributed by atoms with van der Waals surface area (Å²) in [6, 6.07) is 0. The molecular weight excluding hydrogens is 196 g/mol. The third-order valence-electron chi connectivity index (χ3n) is 3.41. The average Bonchev–Trinajstić information content (AvgIpc) is 2.24. The lowest BCUT2D eigenvalue weighted by Gasteiger charge is -2.21. The summed E-state index contributed by atoms with van der Waals surface area (Å²) in [7, 11) is 0. The van der Waals surface area contributed by atoms with Crippen molar-refractivity contribution in [3.63, 3.8) is 0 Å². The van der Waals surface area contributed by atoms with Gasteiger partial charge in [-0.25, -0.2) is 0 Å². The zero-order valence-electron chi connectivity index (χ0n) is 11.5. The lowest BCUT2D eigenvalue weighted by atomic mass is 9.84. The molecule has 0 fully saturated rings. The third kappa shape index (κ3) is 6.60. The first-order valence-corrected chi connectivity index (χ1v) is 6.22. The van der Waals surface area contributed by atoms with Crippen molar-refractivity contribution in [2.45, 2.75) is 60.3 Å². The first kappa shape index (κ1) is 15.2.